The van der Waals surface area contributed by atoms with Crippen molar-refractivity contribution in [3.05, 3.63) is 23.8 Å². The van der Waals surface area contributed by atoms with Crippen molar-refractivity contribution in [2.45, 2.75) is 6.92 Å². The highest BCUT2D eigenvalue weighted by molar-refractivity contribution is 5.66. The zero-order valence-corrected chi connectivity index (χ0v) is 11.0. The molecule has 0 aliphatic heterocycles. The lowest BCUT2D eigenvalue weighted by atomic mass is 10.2. The maximum Gasteiger partial charge on any atom is 0.0589 e. The van der Waals surface area contributed by atoms with E-state index in [0.717, 1.165) is 37.6 Å². The van der Waals surface area contributed by atoms with Gasteiger partial charge in [0.2, 0.25) is 0 Å². The number of ether oxygens (including phenoxy) is 1. The van der Waals surface area contributed by atoms with Gasteiger partial charge in [-0.2, -0.15) is 0 Å². The summed E-state index contributed by atoms with van der Waals surface area (Å²) in [6.07, 6.45) is 0. The molecule has 0 heterocycles. The second-order valence-electron chi connectivity index (χ2n) is 4.31. The Balaban J connectivity index is 2.30. The molecule has 1 aromatic rings. The first-order valence-electron chi connectivity index (χ1n) is 5.91. The Kier molecular flexibility index (Phi) is 5.80. The van der Waals surface area contributed by atoms with Crippen LogP contribution >= 0.6 is 0 Å². The molecule has 0 radical (unpaired) electrons. The van der Waals surface area contributed by atoms with Crippen LogP contribution in [0, 0.1) is 6.92 Å². The van der Waals surface area contributed by atoms with Crippen molar-refractivity contribution in [2.75, 3.05) is 51.4 Å². The van der Waals surface area contributed by atoms with E-state index in [-0.39, 0.29) is 0 Å². The Morgan fingerprint density at radius 3 is 2.76 bits per heavy atom. The molecule has 4 nitrogen and oxygen atoms in total. The summed E-state index contributed by atoms with van der Waals surface area (Å²) in [6, 6.07) is 6.07. The fourth-order valence-electron chi connectivity index (χ4n) is 1.58. The van der Waals surface area contributed by atoms with Crippen molar-refractivity contribution in [1.29, 1.82) is 0 Å². The molecule has 17 heavy (non-hydrogen) atoms. The maximum absolute atomic E-state index is 5.92. The molecule has 3 N–H and O–H groups in total. The molecule has 0 saturated carbocycles. The third kappa shape index (κ3) is 5.06. The van der Waals surface area contributed by atoms with E-state index in [0.29, 0.717) is 0 Å². The van der Waals surface area contributed by atoms with Crippen LogP contribution in [-0.4, -0.2) is 45.3 Å². The van der Waals surface area contributed by atoms with Gasteiger partial charge in [0.05, 0.1) is 18.0 Å². The van der Waals surface area contributed by atoms with Gasteiger partial charge in [-0.25, -0.2) is 0 Å². The second-order valence-corrected chi connectivity index (χ2v) is 4.31. The van der Waals surface area contributed by atoms with Crippen molar-refractivity contribution in [1.82, 2.24) is 4.90 Å². The predicted octanol–water partition coefficient (Wildman–Crippen LogP) is 1.57. The number of nitrogens with two attached hydrogens (primary N) is 1. The molecule has 1 rings (SSSR count). The van der Waals surface area contributed by atoms with Gasteiger partial charge < -0.3 is 20.7 Å². The number of nitrogen functional groups attached to an aromatic ring is 1. The number of likely N-dealkylation sites (N-methyl/N-ethyl adjacent to an activating group) is 1. The van der Waals surface area contributed by atoms with E-state index in [9.17, 15) is 0 Å². The molecule has 96 valence electrons. The molecular weight excluding hydrogens is 214 g/mol. The average molecular weight is 237 g/mol. The SMILES string of the molecule is COCCN(C)CCNc1ccc(C)cc1N. The van der Waals surface area contributed by atoms with Gasteiger partial charge in [0.15, 0.2) is 0 Å². The molecular formula is C13H23N3O. The van der Waals surface area contributed by atoms with Gasteiger partial charge in [-0.1, -0.05) is 6.07 Å². The lowest BCUT2D eigenvalue weighted by Crippen LogP contribution is -2.28. The Labute approximate surface area is 104 Å². The minimum absolute atomic E-state index is 0.767. The Bertz CT molecular complexity index is 341. The first-order valence-corrected chi connectivity index (χ1v) is 5.91. The number of nitrogens with one attached hydrogen (secondary N) is 1. The summed E-state index contributed by atoms with van der Waals surface area (Å²) >= 11 is 0. The Hall–Kier alpha value is -1.26. The van der Waals surface area contributed by atoms with Crippen LogP contribution in [0.3, 0.4) is 0 Å². The van der Waals surface area contributed by atoms with Crippen molar-refractivity contribution >= 4 is 11.4 Å². The van der Waals surface area contributed by atoms with E-state index in [4.69, 9.17) is 10.5 Å². The van der Waals surface area contributed by atoms with Crippen LogP contribution in [0.4, 0.5) is 11.4 Å². The van der Waals surface area contributed by atoms with Crippen molar-refractivity contribution in [2.24, 2.45) is 0 Å². The molecule has 0 bridgehead atoms. The molecule has 0 amide bonds. The van der Waals surface area contributed by atoms with E-state index in [1.807, 2.05) is 19.1 Å². The molecule has 0 spiro atoms. The summed E-state index contributed by atoms with van der Waals surface area (Å²) in [5.41, 5.74) is 8.93. The van der Waals surface area contributed by atoms with Gasteiger partial charge >= 0.3 is 0 Å². The van der Waals surface area contributed by atoms with E-state index in [1.54, 1.807) is 7.11 Å². The molecule has 0 aromatic heterocycles. The summed E-state index contributed by atoms with van der Waals surface area (Å²) in [4.78, 5) is 2.22. The summed E-state index contributed by atoms with van der Waals surface area (Å²) in [7, 11) is 3.80. The lowest BCUT2D eigenvalue weighted by Gasteiger charge is -2.17. The highest BCUT2D eigenvalue weighted by Crippen LogP contribution is 2.18. The van der Waals surface area contributed by atoms with Gasteiger partial charge in [-0.15, -0.1) is 0 Å². The quantitative estimate of drug-likeness (QED) is 0.707. The van der Waals surface area contributed by atoms with Crippen LogP contribution in [0.2, 0.25) is 0 Å². The number of aryl methyl sites for hydroxylation is 1. The normalized spacial score (nSPS) is 10.8. The average Bonchev–Trinajstić information content (AvgIpc) is 2.29. The number of methoxy groups -OCH3 is 1. The van der Waals surface area contributed by atoms with Crippen LogP contribution in [-0.2, 0) is 4.74 Å². The topological polar surface area (TPSA) is 50.5 Å². The standard InChI is InChI=1S/C13H23N3O/c1-11-4-5-13(12(14)10-11)15-6-7-16(2)8-9-17-3/h4-5,10,15H,6-9,14H2,1-3H3. The molecule has 0 unspecified atom stereocenters. The van der Waals surface area contributed by atoms with Crippen LogP contribution in [0.1, 0.15) is 5.56 Å². The molecule has 0 fully saturated rings. The van der Waals surface area contributed by atoms with Gasteiger partial charge in [-0.3, -0.25) is 0 Å². The minimum Gasteiger partial charge on any atom is -0.397 e. The largest absolute Gasteiger partial charge is 0.397 e. The van der Waals surface area contributed by atoms with Crippen LogP contribution in [0.5, 0.6) is 0 Å². The second kappa shape index (κ2) is 7.14. The van der Waals surface area contributed by atoms with Crippen molar-refractivity contribution in [3.8, 4) is 0 Å². The molecule has 0 aliphatic rings. The van der Waals surface area contributed by atoms with E-state index in [2.05, 4.69) is 23.3 Å². The van der Waals surface area contributed by atoms with Gasteiger partial charge in [-0.05, 0) is 31.7 Å². The molecule has 4 heteroatoms. The number of benzene rings is 1. The van der Waals surface area contributed by atoms with Crippen molar-refractivity contribution in [3.63, 3.8) is 0 Å². The number of nitrogens with zero attached hydrogens (tertiary/aromatic N) is 1. The Morgan fingerprint density at radius 1 is 1.35 bits per heavy atom. The molecule has 0 atom stereocenters. The van der Waals surface area contributed by atoms with Gasteiger partial charge in [0.1, 0.15) is 0 Å². The fraction of sp³-hybridized carbons (Fsp3) is 0.538. The molecule has 0 aliphatic carbocycles. The third-order valence-corrected chi connectivity index (χ3v) is 2.69. The van der Waals surface area contributed by atoms with E-state index >= 15 is 0 Å². The van der Waals surface area contributed by atoms with Crippen molar-refractivity contribution < 1.29 is 4.74 Å². The van der Waals surface area contributed by atoms with Crippen LogP contribution in [0.25, 0.3) is 0 Å². The Morgan fingerprint density at radius 2 is 2.12 bits per heavy atom. The zero-order valence-electron chi connectivity index (χ0n) is 11.0. The smallest absolute Gasteiger partial charge is 0.0589 e. The number of hydrogen-bond donors (Lipinski definition) is 2. The summed E-state index contributed by atoms with van der Waals surface area (Å²) in [6.45, 7) is 5.60. The number of rotatable bonds is 7. The van der Waals surface area contributed by atoms with Crippen LogP contribution in [0.15, 0.2) is 18.2 Å². The minimum atomic E-state index is 0.767. The third-order valence-electron chi connectivity index (χ3n) is 2.69. The number of anilines is 2. The van der Waals surface area contributed by atoms with E-state index < -0.39 is 0 Å². The highest BCUT2D eigenvalue weighted by Gasteiger charge is 2.00. The first-order chi connectivity index (χ1) is 8.13. The molecule has 1 aromatic carbocycles. The first kappa shape index (κ1) is 13.8. The molecule has 0 saturated heterocycles. The predicted molar refractivity (Wildman–Crippen MR) is 73.5 cm³/mol. The maximum atomic E-state index is 5.92. The monoisotopic (exact) mass is 237 g/mol. The highest BCUT2D eigenvalue weighted by atomic mass is 16.5. The fourth-order valence-corrected chi connectivity index (χ4v) is 1.58. The summed E-state index contributed by atoms with van der Waals surface area (Å²) < 4.78 is 5.03. The van der Waals surface area contributed by atoms with Crippen LogP contribution < -0.4 is 11.1 Å². The summed E-state index contributed by atoms with van der Waals surface area (Å²) in [5.74, 6) is 0. The number of hydrogen-bond acceptors (Lipinski definition) is 4. The van der Waals surface area contributed by atoms with E-state index in [1.165, 1.54) is 5.56 Å². The lowest BCUT2D eigenvalue weighted by molar-refractivity contribution is 0.163. The van der Waals surface area contributed by atoms with Gasteiger partial charge in [0.25, 0.3) is 0 Å². The summed E-state index contributed by atoms with van der Waals surface area (Å²) in [5, 5.41) is 3.34. The van der Waals surface area contributed by atoms with Gasteiger partial charge in [0, 0.05) is 26.7 Å². The zero-order chi connectivity index (χ0) is 12.7.